The van der Waals surface area contributed by atoms with Crippen LogP contribution in [0, 0.1) is 0 Å². The number of ether oxygens (including phenoxy) is 2. The van der Waals surface area contributed by atoms with Crippen molar-refractivity contribution in [1.82, 2.24) is 0 Å². The first-order valence-electron chi connectivity index (χ1n) is 3.98. The largest absolute Gasteiger partial charge is 0.409 e. The summed E-state index contributed by atoms with van der Waals surface area (Å²) in [6, 6.07) is 0. The van der Waals surface area contributed by atoms with Gasteiger partial charge in [-0.1, -0.05) is 5.16 Å². The first-order valence-corrected chi connectivity index (χ1v) is 3.98. The zero-order chi connectivity index (χ0) is 8.81. The quantitative estimate of drug-likeness (QED) is 0.270. The van der Waals surface area contributed by atoms with Gasteiger partial charge >= 0.3 is 0 Å². The summed E-state index contributed by atoms with van der Waals surface area (Å²) in [5, 5.41) is 11.0. The van der Waals surface area contributed by atoms with Crippen molar-refractivity contribution >= 4 is 5.84 Å². The second-order valence-electron chi connectivity index (χ2n) is 2.74. The lowest BCUT2D eigenvalue weighted by atomic mass is 10.2. The van der Waals surface area contributed by atoms with Gasteiger partial charge in [-0.05, 0) is 12.8 Å². The minimum absolute atomic E-state index is 0.0907. The third-order valence-electron chi connectivity index (χ3n) is 1.71. The van der Waals surface area contributed by atoms with E-state index in [1.54, 1.807) is 0 Å². The molecule has 1 unspecified atom stereocenters. The van der Waals surface area contributed by atoms with E-state index in [0.717, 1.165) is 19.4 Å². The molecule has 0 bridgehead atoms. The molecule has 3 N–H and O–H groups in total. The first-order chi connectivity index (χ1) is 5.83. The van der Waals surface area contributed by atoms with Crippen molar-refractivity contribution in [2.45, 2.75) is 18.9 Å². The molecule has 5 nitrogen and oxygen atoms in total. The molecule has 0 aromatic carbocycles. The number of amidine groups is 1. The monoisotopic (exact) mass is 174 g/mol. The lowest BCUT2D eigenvalue weighted by molar-refractivity contribution is 0.0291. The predicted molar refractivity (Wildman–Crippen MR) is 43.2 cm³/mol. The Balaban J connectivity index is 2.01. The average Bonchev–Trinajstić information content (AvgIpc) is 2.57. The topological polar surface area (TPSA) is 77.1 Å². The Kier molecular flexibility index (Phi) is 3.83. The minimum Gasteiger partial charge on any atom is -0.409 e. The van der Waals surface area contributed by atoms with Gasteiger partial charge in [-0.3, -0.25) is 0 Å². The summed E-state index contributed by atoms with van der Waals surface area (Å²) in [6.45, 7) is 1.50. The summed E-state index contributed by atoms with van der Waals surface area (Å²) in [4.78, 5) is 0. The summed E-state index contributed by atoms with van der Waals surface area (Å²) in [5.41, 5.74) is 5.19. The molecule has 1 aliphatic heterocycles. The van der Waals surface area contributed by atoms with Crippen LogP contribution in [0.2, 0.25) is 0 Å². The molecule has 1 saturated heterocycles. The van der Waals surface area contributed by atoms with E-state index in [2.05, 4.69) is 5.16 Å². The fourth-order valence-electron chi connectivity index (χ4n) is 1.10. The van der Waals surface area contributed by atoms with E-state index in [4.69, 9.17) is 20.4 Å². The number of hydrogen-bond acceptors (Lipinski definition) is 4. The Morgan fingerprint density at radius 3 is 3.17 bits per heavy atom. The normalized spacial score (nSPS) is 24.7. The fourth-order valence-corrected chi connectivity index (χ4v) is 1.10. The minimum atomic E-state index is 0.0907. The van der Waals surface area contributed by atoms with Crippen molar-refractivity contribution < 1.29 is 14.7 Å². The molecule has 1 heterocycles. The van der Waals surface area contributed by atoms with E-state index in [1.807, 2.05) is 0 Å². The zero-order valence-corrected chi connectivity index (χ0v) is 6.90. The fraction of sp³-hybridized carbons (Fsp3) is 0.857. The molecule has 0 aliphatic carbocycles. The molecule has 5 heteroatoms. The van der Waals surface area contributed by atoms with Gasteiger partial charge in [-0.2, -0.15) is 0 Å². The maximum atomic E-state index is 8.18. The van der Waals surface area contributed by atoms with Gasteiger partial charge in [0, 0.05) is 6.61 Å². The van der Waals surface area contributed by atoms with Gasteiger partial charge in [0.25, 0.3) is 0 Å². The molecule has 70 valence electrons. The summed E-state index contributed by atoms with van der Waals surface area (Å²) in [5.74, 6) is 0.0907. The van der Waals surface area contributed by atoms with Gasteiger partial charge < -0.3 is 20.4 Å². The van der Waals surface area contributed by atoms with Crippen molar-refractivity contribution in [2.75, 3.05) is 19.8 Å². The van der Waals surface area contributed by atoms with Gasteiger partial charge in [0.15, 0.2) is 5.84 Å². The molecule has 1 fully saturated rings. The molecule has 1 aliphatic rings. The maximum absolute atomic E-state index is 8.18. The van der Waals surface area contributed by atoms with Crippen LogP contribution >= 0.6 is 0 Å². The highest BCUT2D eigenvalue weighted by Gasteiger charge is 2.15. The van der Waals surface area contributed by atoms with Crippen LogP contribution in [0.3, 0.4) is 0 Å². The molecule has 12 heavy (non-hydrogen) atoms. The predicted octanol–water partition coefficient (Wildman–Crippen LogP) is -0.0716. The van der Waals surface area contributed by atoms with Crippen molar-refractivity contribution in [3.8, 4) is 0 Å². The smallest absolute Gasteiger partial charge is 0.165 e. The lowest BCUT2D eigenvalue weighted by Gasteiger charge is -2.08. The van der Waals surface area contributed by atoms with E-state index < -0.39 is 0 Å². The molecular weight excluding hydrogens is 160 g/mol. The van der Waals surface area contributed by atoms with E-state index in [0.29, 0.717) is 6.61 Å². The van der Waals surface area contributed by atoms with Crippen molar-refractivity contribution in [3.05, 3.63) is 0 Å². The summed E-state index contributed by atoms with van der Waals surface area (Å²) in [7, 11) is 0. The Morgan fingerprint density at radius 1 is 1.75 bits per heavy atom. The molecule has 0 aromatic heterocycles. The molecule has 0 saturated carbocycles. The average molecular weight is 174 g/mol. The van der Waals surface area contributed by atoms with Gasteiger partial charge in [0.2, 0.25) is 0 Å². The SMILES string of the molecule is NC(COCC1CCCO1)=NO. The number of nitrogens with two attached hydrogens (primary N) is 1. The van der Waals surface area contributed by atoms with Gasteiger partial charge in [0.1, 0.15) is 6.61 Å². The number of hydrogen-bond donors (Lipinski definition) is 2. The third kappa shape index (κ3) is 3.06. The highest BCUT2D eigenvalue weighted by Crippen LogP contribution is 2.11. The maximum Gasteiger partial charge on any atom is 0.165 e. The number of nitrogens with zero attached hydrogens (tertiary/aromatic N) is 1. The van der Waals surface area contributed by atoms with Crippen LogP contribution in [0.4, 0.5) is 0 Å². The van der Waals surface area contributed by atoms with Gasteiger partial charge in [0.05, 0.1) is 12.7 Å². The van der Waals surface area contributed by atoms with Crippen molar-refractivity contribution in [2.24, 2.45) is 10.9 Å². The third-order valence-corrected chi connectivity index (χ3v) is 1.71. The second-order valence-corrected chi connectivity index (χ2v) is 2.74. The van der Waals surface area contributed by atoms with Gasteiger partial charge in [-0.15, -0.1) is 0 Å². The van der Waals surface area contributed by atoms with Crippen LogP contribution in [0.5, 0.6) is 0 Å². The van der Waals surface area contributed by atoms with Crippen molar-refractivity contribution in [3.63, 3.8) is 0 Å². The Hall–Kier alpha value is -0.810. The summed E-state index contributed by atoms with van der Waals surface area (Å²) >= 11 is 0. The van der Waals surface area contributed by atoms with Crippen LogP contribution in [0.1, 0.15) is 12.8 Å². The molecule has 0 radical (unpaired) electrons. The zero-order valence-electron chi connectivity index (χ0n) is 6.90. The Labute approximate surface area is 71.1 Å². The molecule has 0 amide bonds. The highest BCUT2D eigenvalue weighted by molar-refractivity contribution is 5.80. The van der Waals surface area contributed by atoms with Crippen LogP contribution in [-0.2, 0) is 9.47 Å². The summed E-state index contributed by atoms with van der Waals surface area (Å²) < 4.78 is 10.4. The van der Waals surface area contributed by atoms with E-state index in [9.17, 15) is 0 Å². The first kappa shape index (κ1) is 9.28. The highest BCUT2D eigenvalue weighted by atomic mass is 16.5. The molecule has 1 atom stereocenters. The molecule has 0 aromatic rings. The van der Waals surface area contributed by atoms with Crippen LogP contribution in [0.25, 0.3) is 0 Å². The Morgan fingerprint density at radius 2 is 2.58 bits per heavy atom. The standard InChI is InChI=1S/C7H14N2O3/c8-7(9-10)5-11-4-6-2-1-3-12-6/h6,10H,1-5H2,(H2,8,9). The number of oxime groups is 1. The van der Waals surface area contributed by atoms with Crippen LogP contribution in [0.15, 0.2) is 5.16 Å². The summed E-state index contributed by atoms with van der Waals surface area (Å²) in [6.07, 6.45) is 2.32. The lowest BCUT2D eigenvalue weighted by Crippen LogP contribution is -2.23. The van der Waals surface area contributed by atoms with E-state index in [-0.39, 0.29) is 18.5 Å². The second kappa shape index (κ2) is 4.95. The van der Waals surface area contributed by atoms with Crippen LogP contribution in [-0.4, -0.2) is 37.0 Å². The van der Waals surface area contributed by atoms with E-state index >= 15 is 0 Å². The van der Waals surface area contributed by atoms with Crippen molar-refractivity contribution in [1.29, 1.82) is 0 Å². The molecular formula is C7H14N2O3. The van der Waals surface area contributed by atoms with E-state index in [1.165, 1.54) is 0 Å². The van der Waals surface area contributed by atoms with Gasteiger partial charge in [-0.25, -0.2) is 0 Å². The molecule has 1 rings (SSSR count). The Bertz CT molecular complexity index is 155. The molecule has 0 spiro atoms. The number of rotatable bonds is 4. The van der Waals surface area contributed by atoms with Crippen LogP contribution < -0.4 is 5.73 Å².